The fourth-order valence-corrected chi connectivity index (χ4v) is 2.83. The van der Waals surface area contributed by atoms with Gasteiger partial charge in [-0.2, -0.15) is 0 Å². The number of unbranched alkanes of at least 4 members (excludes halogenated alkanes) is 7. The summed E-state index contributed by atoms with van der Waals surface area (Å²) in [7, 11) is 0. The monoisotopic (exact) mass is 356 g/mol. The molecule has 0 saturated heterocycles. The highest BCUT2D eigenvalue weighted by molar-refractivity contribution is 5.48. The topological polar surface area (TPSA) is 102 Å². The van der Waals surface area contributed by atoms with Crippen LogP contribution in [0.1, 0.15) is 51.4 Å². The van der Waals surface area contributed by atoms with E-state index in [-0.39, 0.29) is 0 Å². The van der Waals surface area contributed by atoms with E-state index >= 15 is 0 Å². The second-order valence-electron chi connectivity index (χ2n) is 6.63. The van der Waals surface area contributed by atoms with Crippen LogP contribution in [0.4, 0.5) is 23.0 Å². The molecular weight excluding hydrogens is 324 g/mol. The van der Waals surface area contributed by atoms with Crippen molar-refractivity contribution in [2.45, 2.75) is 51.4 Å². The Hall–Kier alpha value is -2.50. The minimum atomic E-state index is 0.752. The minimum absolute atomic E-state index is 0.752. The van der Waals surface area contributed by atoms with E-state index in [2.05, 4.69) is 20.6 Å². The molecule has 0 fully saturated rings. The molecule has 142 valence electrons. The van der Waals surface area contributed by atoms with Crippen LogP contribution in [-0.2, 0) is 0 Å². The Morgan fingerprint density at radius 2 is 1.00 bits per heavy atom. The Balaban J connectivity index is 1.36. The molecule has 0 amide bonds. The molecular formula is C20H32N6. The van der Waals surface area contributed by atoms with Gasteiger partial charge in [0.1, 0.15) is 11.6 Å². The molecule has 6 N–H and O–H groups in total. The standard InChI is InChI=1S/C20H32N6/c21-17-9-13-25-19(15-17)23-11-7-5-3-1-2-4-6-8-12-24-20-16-18(22)10-14-26-20/h9-10,13-16H,1-8,11-12H2,(H3,21,23,25)(H3,22,24,26). The number of hydrogen-bond acceptors (Lipinski definition) is 6. The first-order valence-corrected chi connectivity index (χ1v) is 9.65. The molecule has 2 heterocycles. The van der Waals surface area contributed by atoms with Crippen LogP contribution < -0.4 is 22.1 Å². The number of rotatable bonds is 13. The molecule has 0 radical (unpaired) electrons. The minimum Gasteiger partial charge on any atom is -0.399 e. The summed E-state index contributed by atoms with van der Waals surface area (Å²) in [6.45, 7) is 1.92. The normalized spacial score (nSPS) is 10.6. The van der Waals surface area contributed by atoms with Crippen LogP contribution in [-0.4, -0.2) is 23.1 Å². The zero-order chi connectivity index (χ0) is 18.5. The third kappa shape index (κ3) is 8.55. The lowest BCUT2D eigenvalue weighted by Crippen LogP contribution is -2.04. The predicted octanol–water partition coefficient (Wildman–Crippen LogP) is 4.29. The summed E-state index contributed by atoms with van der Waals surface area (Å²) in [5.74, 6) is 1.74. The first kappa shape index (κ1) is 19.8. The number of nitrogens with two attached hydrogens (primary N) is 2. The van der Waals surface area contributed by atoms with Crippen LogP contribution in [0.5, 0.6) is 0 Å². The average molecular weight is 357 g/mol. The SMILES string of the molecule is Nc1ccnc(NCCCCCCCCCCNc2cc(N)ccn2)c1. The maximum absolute atomic E-state index is 5.73. The van der Waals surface area contributed by atoms with Crippen molar-refractivity contribution in [3.8, 4) is 0 Å². The fraction of sp³-hybridized carbons (Fsp3) is 0.500. The molecule has 2 aromatic rings. The Morgan fingerprint density at radius 3 is 1.38 bits per heavy atom. The third-order valence-corrected chi connectivity index (χ3v) is 4.28. The predicted molar refractivity (Wildman–Crippen MR) is 111 cm³/mol. The molecule has 0 unspecified atom stereocenters. The van der Waals surface area contributed by atoms with Gasteiger partial charge in [0.15, 0.2) is 0 Å². The number of nitrogen functional groups attached to an aromatic ring is 2. The van der Waals surface area contributed by atoms with Gasteiger partial charge in [-0.25, -0.2) is 9.97 Å². The highest BCUT2D eigenvalue weighted by Crippen LogP contribution is 2.11. The zero-order valence-corrected chi connectivity index (χ0v) is 15.6. The first-order valence-electron chi connectivity index (χ1n) is 9.65. The van der Waals surface area contributed by atoms with E-state index in [1.807, 2.05) is 12.1 Å². The lowest BCUT2D eigenvalue weighted by atomic mass is 10.1. The molecule has 6 heteroatoms. The molecule has 2 aromatic heterocycles. The molecule has 0 aliphatic carbocycles. The summed E-state index contributed by atoms with van der Waals surface area (Å²) in [6.07, 6.45) is 13.6. The summed E-state index contributed by atoms with van der Waals surface area (Å²) < 4.78 is 0. The van der Waals surface area contributed by atoms with E-state index < -0.39 is 0 Å². The Morgan fingerprint density at radius 1 is 0.615 bits per heavy atom. The number of anilines is 4. The third-order valence-electron chi connectivity index (χ3n) is 4.28. The van der Waals surface area contributed by atoms with Crippen molar-refractivity contribution in [2.24, 2.45) is 0 Å². The summed E-state index contributed by atoms with van der Waals surface area (Å²) in [5.41, 5.74) is 13.0. The van der Waals surface area contributed by atoms with Crippen LogP contribution in [0.15, 0.2) is 36.7 Å². The highest BCUT2D eigenvalue weighted by Gasteiger charge is 1.96. The van der Waals surface area contributed by atoms with Crippen molar-refractivity contribution >= 4 is 23.0 Å². The van der Waals surface area contributed by atoms with Gasteiger partial charge in [-0.1, -0.05) is 38.5 Å². The molecule has 0 bridgehead atoms. The maximum Gasteiger partial charge on any atom is 0.127 e. The summed E-state index contributed by atoms with van der Waals surface area (Å²) >= 11 is 0. The van der Waals surface area contributed by atoms with Gasteiger partial charge < -0.3 is 22.1 Å². The molecule has 0 aliphatic heterocycles. The van der Waals surface area contributed by atoms with Gasteiger partial charge in [0, 0.05) is 49.0 Å². The van der Waals surface area contributed by atoms with Gasteiger partial charge in [-0.05, 0) is 25.0 Å². The van der Waals surface area contributed by atoms with Gasteiger partial charge in [0.05, 0.1) is 0 Å². The largest absolute Gasteiger partial charge is 0.399 e. The van der Waals surface area contributed by atoms with Gasteiger partial charge in [0.25, 0.3) is 0 Å². The van der Waals surface area contributed by atoms with E-state index in [0.29, 0.717) is 0 Å². The molecule has 2 rings (SSSR count). The number of hydrogen-bond donors (Lipinski definition) is 4. The Kier molecular flexibility index (Phi) is 9.11. The fourth-order valence-electron chi connectivity index (χ4n) is 2.83. The molecule has 0 saturated carbocycles. The van der Waals surface area contributed by atoms with Crippen molar-refractivity contribution < 1.29 is 0 Å². The molecule has 0 atom stereocenters. The van der Waals surface area contributed by atoms with Crippen LogP contribution in [0, 0.1) is 0 Å². The van der Waals surface area contributed by atoms with E-state index in [0.717, 1.165) is 36.1 Å². The van der Waals surface area contributed by atoms with Crippen molar-refractivity contribution in [2.75, 3.05) is 35.2 Å². The zero-order valence-electron chi connectivity index (χ0n) is 15.6. The van der Waals surface area contributed by atoms with Crippen LogP contribution >= 0.6 is 0 Å². The number of nitrogens with one attached hydrogen (secondary N) is 2. The summed E-state index contributed by atoms with van der Waals surface area (Å²) in [4.78, 5) is 8.48. The van der Waals surface area contributed by atoms with Crippen LogP contribution in [0.3, 0.4) is 0 Å². The quantitative estimate of drug-likeness (QED) is 0.399. The van der Waals surface area contributed by atoms with Gasteiger partial charge in [0.2, 0.25) is 0 Å². The van der Waals surface area contributed by atoms with Crippen LogP contribution in [0.25, 0.3) is 0 Å². The van der Waals surface area contributed by atoms with Crippen LogP contribution in [0.2, 0.25) is 0 Å². The van der Waals surface area contributed by atoms with Gasteiger partial charge >= 0.3 is 0 Å². The van der Waals surface area contributed by atoms with E-state index in [9.17, 15) is 0 Å². The van der Waals surface area contributed by atoms with Crippen molar-refractivity contribution in [3.05, 3.63) is 36.7 Å². The van der Waals surface area contributed by atoms with Gasteiger partial charge in [-0.15, -0.1) is 0 Å². The van der Waals surface area contributed by atoms with Crippen molar-refractivity contribution in [1.29, 1.82) is 0 Å². The van der Waals surface area contributed by atoms with E-state index in [4.69, 9.17) is 11.5 Å². The van der Waals surface area contributed by atoms with Crippen molar-refractivity contribution in [3.63, 3.8) is 0 Å². The lowest BCUT2D eigenvalue weighted by molar-refractivity contribution is 0.577. The first-order chi connectivity index (χ1) is 12.7. The van der Waals surface area contributed by atoms with E-state index in [1.54, 1.807) is 24.5 Å². The number of aromatic nitrogens is 2. The summed E-state index contributed by atoms with van der Waals surface area (Å²) in [6, 6.07) is 7.35. The smallest absolute Gasteiger partial charge is 0.127 e. The molecule has 0 aromatic carbocycles. The molecule has 0 aliphatic rings. The molecule has 0 spiro atoms. The maximum atomic E-state index is 5.73. The number of nitrogens with zero attached hydrogens (tertiary/aromatic N) is 2. The Bertz CT molecular complexity index is 576. The van der Waals surface area contributed by atoms with Crippen molar-refractivity contribution in [1.82, 2.24) is 9.97 Å². The lowest BCUT2D eigenvalue weighted by Gasteiger charge is -2.07. The Labute approximate surface area is 156 Å². The highest BCUT2D eigenvalue weighted by atomic mass is 15.0. The second-order valence-corrected chi connectivity index (χ2v) is 6.63. The summed E-state index contributed by atoms with van der Waals surface area (Å²) in [5, 5.41) is 6.63. The van der Waals surface area contributed by atoms with Gasteiger partial charge in [-0.3, -0.25) is 0 Å². The average Bonchev–Trinajstić information content (AvgIpc) is 2.63. The number of pyridine rings is 2. The molecule has 26 heavy (non-hydrogen) atoms. The van der Waals surface area contributed by atoms with E-state index in [1.165, 1.54) is 51.4 Å². The molecule has 6 nitrogen and oxygen atoms in total. The second kappa shape index (κ2) is 12.0.